The van der Waals surface area contributed by atoms with Crippen LogP contribution in [-0.4, -0.2) is 24.8 Å². The SMILES string of the molecule is CCCCC(NCCC)C(C)(C)OCC. The van der Waals surface area contributed by atoms with Crippen molar-refractivity contribution in [2.24, 2.45) is 0 Å². The number of nitrogens with one attached hydrogen (secondary N) is 1. The van der Waals surface area contributed by atoms with E-state index < -0.39 is 0 Å². The van der Waals surface area contributed by atoms with Crippen LogP contribution in [0, 0.1) is 0 Å². The molecule has 0 bridgehead atoms. The second-order valence-corrected chi connectivity index (χ2v) is 4.69. The van der Waals surface area contributed by atoms with Crippen molar-refractivity contribution in [2.45, 2.75) is 71.9 Å². The van der Waals surface area contributed by atoms with Gasteiger partial charge in [-0.3, -0.25) is 0 Å². The number of rotatable bonds is 9. The summed E-state index contributed by atoms with van der Waals surface area (Å²) in [5.41, 5.74) is -0.0426. The summed E-state index contributed by atoms with van der Waals surface area (Å²) < 4.78 is 5.82. The monoisotopic (exact) mass is 215 g/mol. The standard InChI is InChI=1S/C13H29NO/c1-6-9-10-12(14-11-7-2)13(4,5)15-8-3/h12,14H,6-11H2,1-5H3. The smallest absolute Gasteiger partial charge is 0.0778 e. The number of hydrogen-bond acceptors (Lipinski definition) is 2. The van der Waals surface area contributed by atoms with Crippen molar-refractivity contribution in [2.75, 3.05) is 13.2 Å². The Morgan fingerprint density at radius 2 is 1.80 bits per heavy atom. The highest BCUT2D eigenvalue weighted by Crippen LogP contribution is 2.19. The molecule has 1 unspecified atom stereocenters. The van der Waals surface area contributed by atoms with Gasteiger partial charge in [0.1, 0.15) is 0 Å². The molecule has 0 aliphatic heterocycles. The van der Waals surface area contributed by atoms with E-state index in [1.807, 2.05) is 0 Å². The van der Waals surface area contributed by atoms with Crippen molar-refractivity contribution >= 4 is 0 Å². The minimum Gasteiger partial charge on any atom is -0.374 e. The fraction of sp³-hybridized carbons (Fsp3) is 1.00. The van der Waals surface area contributed by atoms with Gasteiger partial charge in [0.15, 0.2) is 0 Å². The molecule has 2 nitrogen and oxygen atoms in total. The fourth-order valence-corrected chi connectivity index (χ4v) is 1.89. The van der Waals surface area contributed by atoms with Crippen LogP contribution in [0.1, 0.15) is 60.3 Å². The van der Waals surface area contributed by atoms with Gasteiger partial charge in [-0.2, -0.15) is 0 Å². The normalized spacial score (nSPS) is 14.2. The molecule has 0 rings (SSSR count). The molecular weight excluding hydrogens is 186 g/mol. The van der Waals surface area contributed by atoms with Crippen LogP contribution in [-0.2, 0) is 4.74 Å². The first-order valence-corrected chi connectivity index (χ1v) is 6.45. The second kappa shape index (κ2) is 8.12. The Bertz CT molecular complexity index is 137. The first-order valence-electron chi connectivity index (χ1n) is 6.45. The average Bonchev–Trinajstić information content (AvgIpc) is 2.17. The average molecular weight is 215 g/mol. The van der Waals surface area contributed by atoms with Crippen molar-refractivity contribution in [1.82, 2.24) is 5.32 Å². The van der Waals surface area contributed by atoms with Crippen molar-refractivity contribution in [3.63, 3.8) is 0 Å². The van der Waals surface area contributed by atoms with Gasteiger partial charge in [0.05, 0.1) is 5.60 Å². The predicted octanol–water partition coefficient (Wildman–Crippen LogP) is 3.36. The molecule has 15 heavy (non-hydrogen) atoms. The van der Waals surface area contributed by atoms with Gasteiger partial charge in [0, 0.05) is 12.6 Å². The molecule has 0 spiro atoms. The lowest BCUT2D eigenvalue weighted by atomic mass is 9.93. The van der Waals surface area contributed by atoms with Gasteiger partial charge < -0.3 is 10.1 Å². The lowest BCUT2D eigenvalue weighted by Crippen LogP contribution is -2.48. The highest BCUT2D eigenvalue weighted by molar-refractivity contribution is 4.85. The Labute approximate surface area is 95.8 Å². The minimum atomic E-state index is -0.0426. The van der Waals surface area contributed by atoms with E-state index in [4.69, 9.17) is 4.74 Å². The zero-order valence-corrected chi connectivity index (χ0v) is 11.2. The van der Waals surface area contributed by atoms with Crippen molar-refractivity contribution in [3.05, 3.63) is 0 Å². The van der Waals surface area contributed by atoms with Gasteiger partial charge >= 0.3 is 0 Å². The van der Waals surface area contributed by atoms with Crippen LogP contribution in [0.25, 0.3) is 0 Å². The first-order chi connectivity index (χ1) is 7.08. The van der Waals surface area contributed by atoms with E-state index in [1.54, 1.807) is 0 Å². The summed E-state index contributed by atoms with van der Waals surface area (Å²) in [7, 11) is 0. The maximum atomic E-state index is 5.82. The maximum absolute atomic E-state index is 5.82. The third-order valence-corrected chi connectivity index (χ3v) is 2.84. The number of hydrogen-bond donors (Lipinski definition) is 1. The van der Waals surface area contributed by atoms with Crippen LogP contribution >= 0.6 is 0 Å². The van der Waals surface area contributed by atoms with Crippen LogP contribution < -0.4 is 5.32 Å². The summed E-state index contributed by atoms with van der Waals surface area (Å²) in [4.78, 5) is 0. The van der Waals surface area contributed by atoms with Crippen LogP contribution in [0.5, 0.6) is 0 Å². The summed E-state index contributed by atoms with van der Waals surface area (Å²) in [5.74, 6) is 0. The van der Waals surface area contributed by atoms with Gasteiger partial charge in [0.25, 0.3) is 0 Å². The van der Waals surface area contributed by atoms with Crippen LogP contribution in [0.3, 0.4) is 0 Å². The third kappa shape index (κ3) is 6.16. The van der Waals surface area contributed by atoms with E-state index in [1.165, 1.54) is 25.7 Å². The molecule has 0 radical (unpaired) electrons. The van der Waals surface area contributed by atoms with Gasteiger partial charge in [-0.1, -0.05) is 26.7 Å². The summed E-state index contributed by atoms with van der Waals surface area (Å²) in [5, 5.41) is 3.60. The van der Waals surface area contributed by atoms with E-state index >= 15 is 0 Å². The molecule has 1 atom stereocenters. The minimum absolute atomic E-state index is 0.0426. The molecular formula is C13H29NO. The molecule has 92 valence electrons. The van der Waals surface area contributed by atoms with E-state index in [9.17, 15) is 0 Å². The van der Waals surface area contributed by atoms with E-state index in [2.05, 4.69) is 39.9 Å². The maximum Gasteiger partial charge on any atom is 0.0778 e. The third-order valence-electron chi connectivity index (χ3n) is 2.84. The van der Waals surface area contributed by atoms with Crippen molar-refractivity contribution < 1.29 is 4.74 Å². The summed E-state index contributed by atoms with van der Waals surface area (Å²) >= 11 is 0. The Morgan fingerprint density at radius 3 is 2.27 bits per heavy atom. The van der Waals surface area contributed by atoms with Crippen LogP contribution in [0.4, 0.5) is 0 Å². The quantitative estimate of drug-likeness (QED) is 0.637. The zero-order valence-electron chi connectivity index (χ0n) is 11.2. The Balaban J connectivity index is 4.17. The second-order valence-electron chi connectivity index (χ2n) is 4.69. The molecule has 0 aliphatic rings. The van der Waals surface area contributed by atoms with Gasteiger partial charge in [-0.25, -0.2) is 0 Å². The summed E-state index contributed by atoms with van der Waals surface area (Å²) in [6.45, 7) is 12.8. The largest absolute Gasteiger partial charge is 0.374 e. The van der Waals surface area contributed by atoms with Crippen LogP contribution in [0.15, 0.2) is 0 Å². The molecule has 0 saturated heterocycles. The van der Waals surface area contributed by atoms with Gasteiger partial charge in [-0.15, -0.1) is 0 Å². The molecule has 0 amide bonds. The molecule has 0 heterocycles. The Hall–Kier alpha value is -0.0800. The fourth-order valence-electron chi connectivity index (χ4n) is 1.89. The predicted molar refractivity (Wildman–Crippen MR) is 67.3 cm³/mol. The van der Waals surface area contributed by atoms with Crippen molar-refractivity contribution in [1.29, 1.82) is 0 Å². The molecule has 0 saturated carbocycles. The number of unbranched alkanes of at least 4 members (excludes halogenated alkanes) is 1. The summed E-state index contributed by atoms with van der Waals surface area (Å²) in [6, 6.07) is 0.484. The Kier molecular flexibility index (Phi) is 8.07. The molecule has 0 aliphatic carbocycles. The summed E-state index contributed by atoms with van der Waals surface area (Å²) in [6.07, 6.45) is 4.93. The molecule has 0 aromatic carbocycles. The zero-order chi connectivity index (χ0) is 11.7. The topological polar surface area (TPSA) is 21.3 Å². The van der Waals surface area contributed by atoms with Gasteiger partial charge in [0.2, 0.25) is 0 Å². The molecule has 0 aromatic rings. The lowest BCUT2D eigenvalue weighted by molar-refractivity contribution is -0.0404. The molecule has 1 N–H and O–H groups in total. The lowest BCUT2D eigenvalue weighted by Gasteiger charge is -2.35. The highest BCUT2D eigenvalue weighted by Gasteiger charge is 2.28. The highest BCUT2D eigenvalue weighted by atomic mass is 16.5. The molecule has 2 heteroatoms. The van der Waals surface area contributed by atoms with E-state index in [0.29, 0.717) is 6.04 Å². The Morgan fingerprint density at radius 1 is 1.13 bits per heavy atom. The first kappa shape index (κ1) is 14.9. The molecule has 0 aromatic heterocycles. The molecule has 0 fully saturated rings. The number of ether oxygens (including phenoxy) is 1. The van der Waals surface area contributed by atoms with Crippen LogP contribution in [0.2, 0.25) is 0 Å². The van der Waals surface area contributed by atoms with Gasteiger partial charge in [-0.05, 0) is 40.2 Å². The van der Waals surface area contributed by atoms with E-state index in [0.717, 1.165) is 13.2 Å². The van der Waals surface area contributed by atoms with E-state index in [-0.39, 0.29) is 5.60 Å². The van der Waals surface area contributed by atoms with Crippen molar-refractivity contribution in [3.8, 4) is 0 Å².